The molecule has 0 aliphatic heterocycles. The van der Waals surface area contributed by atoms with Crippen LogP contribution in [0.25, 0.3) is 11.1 Å². The Morgan fingerprint density at radius 1 is 0.971 bits per heavy atom. The summed E-state index contributed by atoms with van der Waals surface area (Å²) in [4.78, 5) is 36.7. The number of hydrogen-bond acceptors (Lipinski definition) is 4. The SMILES string of the molecule is CC(C)(NC(=O)OCC1c2ccccc2-c2ccccc21)C(=O)Nc1cc(F)ccc1C(=O)O. The van der Waals surface area contributed by atoms with E-state index in [1.165, 1.54) is 13.8 Å². The number of carboxylic acids is 1. The molecule has 0 saturated heterocycles. The fourth-order valence-corrected chi connectivity index (χ4v) is 4.03. The Hall–Kier alpha value is -4.20. The van der Waals surface area contributed by atoms with Crippen molar-refractivity contribution in [3.63, 3.8) is 0 Å². The number of anilines is 1. The van der Waals surface area contributed by atoms with Crippen molar-refractivity contribution < 1.29 is 28.6 Å². The van der Waals surface area contributed by atoms with Crippen LogP contribution in [0, 0.1) is 5.82 Å². The fraction of sp³-hybridized carbons (Fsp3) is 0.192. The van der Waals surface area contributed by atoms with E-state index < -0.39 is 29.3 Å². The molecule has 1 aliphatic carbocycles. The standard InChI is InChI=1S/C26H23FN2O5/c1-26(2,24(32)28-22-13-15(27)11-12-20(22)23(30)31)29-25(33)34-14-21-18-9-5-3-7-16(18)17-8-4-6-10-19(17)21/h3-13,21H,14H2,1-2H3,(H,28,32)(H,29,33)(H,30,31). The molecule has 3 aromatic rings. The number of aromatic carboxylic acids is 1. The van der Waals surface area contributed by atoms with Gasteiger partial charge in [-0.05, 0) is 54.3 Å². The van der Waals surface area contributed by atoms with Gasteiger partial charge >= 0.3 is 12.1 Å². The summed E-state index contributed by atoms with van der Waals surface area (Å²) < 4.78 is 19.1. The molecule has 0 fully saturated rings. The molecule has 3 aromatic carbocycles. The quantitative estimate of drug-likeness (QED) is 0.489. The molecule has 2 amide bonds. The molecule has 174 valence electrons. The maximum Gasteiger partial charge on any atom is 0.408 e. The summed E-state index contributed by atoms with van der Waals surface area (Å²) >= 11 is 0. The average molecular weight is 462 g/mol. The first-order valence-corrected chi connectivity index (χ1v) is 10.6. The molecule has 3 N–H and O–H groups in total. The van der Waals surface area contributed by atoms with Crippen LogP contribution in [0.2, 0.25) is 0 Å². The Labute approximate surface area is 195 Å². The van der Waals surface area contributed by atoms with Crippen molar-refractivity contribution in [1.82, 2.24) is 5.32 Å². The van der Waals surface area contributed by atoms with Crippen LogP contribution >= 0.6 is 0 Å². The molecule has 0 aromatic heterocycles. The number of alkyl carbamates (subject to hydrolysis) is 1. The number of carbonyl (C=O) groups excluding carboxylic acids is 2. The Bertz CT molecular complexity index is 1240. The van der Waals surface area contributed by atoms with E-state index in [0.717, 1.165) is 40.5 Å². The van der Waals surface area contributed by atoms with Gasteiger partial charge in [0.1, 0.15) is 18.0 Å². The fourth-order valence-electron chi connectivity index (χ4n) is 4.03. The molecule has 0 radical (unpaired) electrons. The van der Waals surface area contributed by atoms with E-state index in [4.69, 9.17) is 4.74 Å². The second-order valence-electron chi connectivity index (χ2n) is 8.52. The number of hydrogen-bond donors (Lipinski definition) is 3. The smallest absolute Gasteiger partial charge is 0.408 e. The van der Waals surface area contributed by atoms with Gasteiger partial charge in [-0.3, -0.25) is 4.79 Å². The van der Waals surface area contributed by atoms with Gasteiger partial charge in [-0.2, -0.15) is 0 Å². The number of amides is 2. The highest BCUT2D eigenvalue weighted by Gasteiger charge is 2.33. The second-order valence-corrected chi connectivity index (χ2v) is 8.52. The Kier molecular flexibility index (Phi) is 6.06. The number of nitrogens with one attached hydrogen (secondary N) is 2. The van der Waals surface area contributed by atoms with Gasteiger partial charge < -0.3 is 20.5 Å². The Morgan fingerprint density at radius 2 is 1.56 bits per heavy atom. The lowest BCUT2D eigenvalue weighted by molar-refractivity contribution is -0.121. The third kappa shape index (κ3) is 4.47. The lowest BCUT2D eigenvalue weighted by Crippen LogP contribution is -2.52. The van der Waals surface area contributed by atoms with E-state index in [-0.39, 0.29) is 23.8 Å². The summed E-state index contributed by atoms with van der Waals surface area (Å²) in [6.45, 7) is 2.94. The normalized spacial score (nSPS) is 12.4. The van der Waals surface area contributed by atoms with Crippen molar-refractivity contribution in [1.29, 1.82) is 0 Å². The molecule has 4 rings (SSSR count). The zero-order chi connectivity index (χ0) is 24.5. The van der Waals surface area contributed by atoms with Gasteiger partial charge in [0, 0.05) is 5.92 Å². The van der Waals surface area contributed by atoms with Gasteiger partial charge in [-0.25, -0.2) is 14.0 Å². The molecule has 34 heavy (non-hydrogen) atoms. The third-order valence-electron chi connectivity index (χ3n) is 5.79. The minimum atomic E-state index is -1.47. The number of benzene rings is 3. The molecular formula is C26H23FN2O5. The number of ether oxygens (including phenoxy) is 1. The summed E-state index contributed by atoms with van der Waals surface area (Å²) in [6, 6.07) is 18.8. The van der Waals surface area contributed by atoms with Gasteiger partial charge in [0.15, 0.2) is 0 Å². The molecule has 0 unspecified atom stereocenters. The first-order chi connectivity index (χ1) is 16.2. The molecule has 0 heterocycles. The van der Waals surface area contributed by atoms with Crippen LogP contribution in [0.15, 0.2) is 66.7 Å². The monoisotopic (exact) mass is 462 g/mol. The van der Waals surface area contributed by atoms with Crippen molar-refractivity contribution in [2.24, 2.45) is 0 Å². The summed E-state index contributed by atoms with van der Waals surface area (Å²) in [6.07, 6.45) is -0.806. The highest BCUT2D eigenvalue weighted by atomic mass is 19.1. The summed E-state index contributed by atoms with van der Waals surface area (Å²) in [5.74, 6) is -2.89. The highest BCUT2D eigenvalue weighted by Crippen LogP contribution is 2.44. The van der Waals surface area contributed by atoms with E-state index in [9.17, 15) is 23.9 Å². The minimum Gasteiger partial charge on any atom is -0.478 e. The van der Waals surface area contributed by atoms with E-state index in [1.54, 1.807) is 0 Å². The van der Waals surface area contributed by atoms with E-state index in [2.05, 4.69) is 10.6 Å². The number of rotatable bonds is 6. The van der Waals surface area contributed by atoms with Crippen molar-refractivity contribution in [3.05, 3.63) is 89.2 Å². The first kappa shape index (κ1) is 23.0. The topological polar surface area (TPSA) is 105 Å². The molecule has 8 heteroatoms. The van der Waals surface area contributed by atoms with Crippen LogP contribution in [0.3, 0.4) is 0 Å². The van der Waals surface area contributed by atoms with Gasteiger partial charge in [-0.15, -0.1) is 0 Å². The lowest BCUT2D eigenvalue weighted by Gasteiger charge is -2.25. The average Bonchev–Trinajstić information content (AvgIpc) is 3.11. The molecule has 0 atom stereocenters. The Balaban J connectivity index is 1.43. The van der Waals surface area contributed by atoms with E-state index in [1.807, 2.05) is 48.5 Å². The summed E-state index contributed by atoms with van der Waals surface area (Å²) in [7, 11) is 0. The summed E-state index contributed by atoms with van der Waals surface area (Å²) in [5.41, 5.74) is 2.35. The zero-order valence-corrected chi connectivity index (χ0v) is 18.6. The van der Waals surface area contributed by atoms with Gasteiger partial charge in [0.05, 0.1) is 11.3 Å². The van der Waals surface area contributed by atoms with Crippen LogP contribution in [0.4, 0.5) is 14.9 Å². The molecule has 0 saturated carbocycles. The molecule has 0 bridgehead atoms. The van der Waals surface area contributed by atoms with Crippen molar-refractivity contribution in [3.8, 4) is 11.1 Å². The second kappa shape index (κ2) is 8.97. The number of carbonyl (C=O) groups is 3. The zero-order valence-electron chi connectivity index (χ0n) is 18.6. The number of halogens is 1. The van der Waals surface area contributed by atoms with Crippen LogP contribution in [0.1, 0.15) is 41.3 Å². The lowest BCUT2D eigenvalue weighted by atomic mass is 9.98. The predicted octanol–water partition coefficient (Wildman–Crippen LogP) is 4.78. The predicted molar refractivity (Wildman–Crippen MR) is 124 cm³/mol. The van der Waals surface area contributed by atoms with Crippen molar-refractivity contribution in [2.45, 2.75) is 25.3 Å². The van der Waals surface area contributed by atoms with E-state index >= 15 is 0 Å². The van der Waals surface area contributed by atoms with Crippen LogP contribution < -0.4 is 10.6 Å². The molecule has 0 spiro atoms. The number of carboxylic acid groups (broad SMARTS) is 1. The van der Waals surface area contributed by atoms with Crippen LogP contribution in [0.5, 0.6) is 0 Å². The maximum atomic E-state index is 13.6. The largest absolute Gasteiger partial charge is 0.478 e. The van der Waals surface area contributed by atoms with Gasteiger partial charge in [0.2, 0.25) is 5.91 Å². The van der Waals surface area contributed by atoms with E-state index in [0.29, 0.717) is 0 Å². The van der Waals surface area contributed by atoms with Crippen molar-refractivity contribution in [2.75, 3.05) is 11.9 Å². The molecule has 1 aliphatic rings. The van der Waals surface area contributed by atoms with Gasteiger partial charge in [0.25, 0.3) is 0 Å². The van der Waals surface area contributed by atoms with Crippen LogP contribution in [-0.2, 0) is 9.53 Å². The Morgan fingerprint density at radius 3 is 2.15 bits per heavy atom. The highest BCUT2D eigenvalue weighted by molar-refractivity contribution is 6.04. The molecule has 7 nitrogen and oxygen atoms in total. The molecular weight excluding hydrogens is 439 g/mol. The first-order valence-electron chi connectivity index (χ1n) is 10.6. The number of fused-ring (bicyclic) bond motifs is 3. The third-order valence-corrected chi connectivity index (χ3v) is 5.79. The summed E-state index contributed by atoms with van der Waals surface area (Å²) in [5, 5.41) is 14.1. The van der Waals surface area contributed by atoms with Crippen molar-refractivity contribution >= 4 is 23.7 Å². The van der Waals surface area contributed by atoms with Gasteiger partial charge in [-0.1, -0.05) is 48.5 Å². The van der Waals surface area contributed by atoms with Crippen LogP contribution in [-0.4, -0.2) is 35.2 Å². The minimum absolute atomic E-state index is 0.0740. The maximum absolute atomic E-state index is 13.6.